The van der Waals surface area contributed by atoms with E-state index in [1.807, 2.05) is 0 Å². The number of benzene rings is 1. The maximum Gasteiger partial charge on any atom is 0.422 e. The lowest BCUT2D eigenvalue weighted by Crippen LogP contribution is -2.42. The van der Waals surface area contributed by atoms with E-state index in [1.165, 1.54) is 4.90 Å². The number of amides is 1. The molecule has 0 saturated carbocycles. The molecule has 152 valence electrons. The Morgan fingerprint density at radius 1 is 1.44 bits per heavy atom. The first-order chi connectivity index (χ1) is 12.2. The smallest absolute Gasteiger partial charge is 0.422 e. The second kappa shape index (κ2) is 9.75. The first-order valence-electron chi connectivity index (χ1n) is 8.13. The molecule has 0 bridgehead atoms. The predicted octanol–water partition coefficient (Wildman–Crippen LogP) is 3.03. The standard InChI is InChI=1S/C16H20F3N3O4.ClH/c1-20-8-11-3-2-6-21(9-11)15(23)13-7-12(26-10-16(17,18)19)4-5-14(13)22(24)25;/h4-5,7,11,20H,2-3,6,8-10H2,1H3;1H. The fourth-order valence-electron chi connectivity index (χ4n) is 2.98. The molecule has 1 saturated heterocycles. The highest BCUT2D eigenvalue weighted by Crippen LogP contribution is 2.28. The molecule has 27 heavy (non-hydrogen) atoms. The molecule has 7 nitrogen and oxygen atoms in total. The Morgan fingerprint density at radius 2 is 2.15 bits per heavy atom. The number of piperidine rings is 1. The summed E-state index contributed by atoms with van der Waals surface area (Å²) in [6.07, 6.45) is -2.85. The molecule has 1 aliphatic rings. The van der Waals surface area contributed by atoms with Crippen molar-refractivity contribution in [3.63, 3.8) is 0 Å². The van der Waals surface area contributed by atoms with Gasteiger partial charge in [0.05, 0.1) is 4.92 Å². The average Bonchev–Trinajstić information content (AvgIpc) is 2.59. The van der Waals surface area contributed by atoms with Crippen LogP contribution < -0.4 is 10.1 Å². The highest BCUT2D eigenvalue weighted by atomic mass is 35.5. The number of rotatable bonds is 6. The number of ether oxygens (including phenoxy) is 1. The lowest BCUT2D eigenvalue weighted by Gasteiger charge is -2.32. The number of hydrogen-bond acceptors (Lipinski definition) is 5. The SMILES string of the molecule is CNCC1CCCN(C(=O)c2cc(OCC(F)(F)F)ccc2[N+](=O)[O-])C1.Cl. The van der Waals surface area contributed by atoms with E-state index in [2.05, 4.69) is 10.1 Å². The molecule has 0 spiro atoms. The van der Waals surface area contributed by atoms with E-state index in [9.17, 15) is 28.1 Å². The van der Waals surface area contributed by atoms with Gasteiger partial charge in [-0.25, -0.2) is 0 Å². The van der Waals surface area contributed by atoms with Crippen LogP contribution in [-0.4, -0.2) is 55.2 Å². The Labute approximate surface area is 160 Å². The van der Waals surface area contributed by atoms with E-state index in [-0.39, 0.29) is 29.6 Å². The number of nitro groups is 1. The molecule has 0 aliphatic carbocycles. The molecule has 1 amide bonds. The summed E-state index contributed by atoms with van der Waals surface area (Å²) < 4.78 is 41.5. The molecule has 1 N–H and O–H groups in total. The predicted molar refractivity (Wildman–Crippen MR) is 94.4 cm³/mol. The second-order valence-corrected chi connectivity index (χ2v) is 6.16. The van der Waals surface area contributed by atoms with E-state index in [0.29, 0.717) is 19.6 Å². The summed E-state index contributed by atoms with van der Waals surface area (Å²) in [7, 11) is 1.80. The number of nitro benzene ring substituents is 1. The molecule has 11 heteroatoms. The van der Waals surface area contributed by atoms with Crippen LogP contribution in [-0.2, 0) is 0 Å². The van der Waals surface area contributed by atoms with Crippen LogP contribution in [0.1, 0.15) is 23.2 Å². The van der Waals surface area contributed by atoms with E-state index < -0.39 is 29.3 Å². The number of nitrogens with one attached hydrogen (secondary N) is 1. The van der Waals surface area contributed by atoms with Crippen molar-refractivity contribution in [1.29, 1.82) is 0 Å². The fourth-order valence-corrected chi connectivity index (χ4v) is 2.98. The maximum absolute atomic E-state index is 12.8. The highest BCUT2D eigenvalue weighted by Gasteiger charge is 2.31. The van der Waals surface area contributed by atoms with Crippen LogP contribution in [0.5, 0.6) is 5.75 Å². The van der Waals surface area contributed by atoms with Gasteiger partial charge in [-0.2, -0.15) is 13.2 Å². The highest BCUT2D eigenvalue weighted by molar-refractivity contribution is 5.98. The number of likely N-dealkylation sites (tertiary alicyclic amines) is 1. The Bertz CT molecular complexity index is 671. The molecule has 0 aromatic heterocycles. The number of alkyl halides is 3. The van der Waals surface area contributed by atoms with E-state index in [1.54, 1.807) is 7.05 Å². The maximum atomic E-state index is 12.8. The third-order valence-corrected chi connectivity index (χ3v) is 4.10. The minimum Gasteiger partial charge on any atom is -0.484 e. The van der Waals surface area contributed by atoms with Crippen molar-refractivity contribution in [3.05, 3.63) is 33.9 Å². The Kier molecular flexibility index (Phi) is 8.29. The Morgan fingerprint density at radius 3 is 2.74 bits per heavy atom. The van der Waals surface area contributed by atoms with Gasteiger partial charge in [-0.3, -0.25) is 14.9 Å². The van der Waals surface area contributed by atoms with Gasteiger partial charge in [0.15, 0.2) is 6.61 Å². The van der Waals surface area contributed by atoms with Crippen molar-refractivity contribution in [2.24, 2.45) is 5.92 Å². The molecule has 1 aromatic carbocycles. The summed E-state index contributed by atoms with van der Waals surface area (Å²) in [5.74, 6) is -0.587. The summed E-state index contributed by atoms with van der Waals surface area (Å²) in [5.41, 5.74) is -0.718. The number of hydrogen-bond donors (Lipinski definition) is 1. The van der Waals surface area contributed by atoms with Crippen LogP contribution in [0.25, 0.3) is 0 Å². The summed E-state index contributed by atoms with van der Waals surface area (Å²) in [6, 6.07) is 3.06. The zero-order valence-electron chi connectivity index (χ0n) is 14.6. The molecule has 1 aromatic rings. The van der Waals surface area contributed by atoms with Crippen LogP contribution in [0.4, 0.5) is 18.9 Å². The lowest BCUT2D eigenvalue weighted by molar-refractivity contribution is -0.385. The number of halogens is 4. The van der Waals surface area contributed by atoms with Crippen molar-refractivity contribution in [1.82, 2.24) is 10.2 Å². The largest absolute Gasteiger partial charge is 0.484 e. The number of nitrogens with zero attached hydrogens (tertiary/aromatic N) is 2. The van der Waals surface area contributed by atoms with Crippen LogP contribution >= 0.6 is 12.4 Å². The van der Waals surface area contributed by atoms with Gasteiger partial charge < -0.3 is 15.0 Å². The van der Waals surface area contributed by atoms with Gasteiger partial charge in [-0.05, 0) is 44.5 Å². The molecular formula is C16H21ClF3N3O4. The Balaban J connectivity index is 0.00000364. The zero-order chi connectivity index (χ0) is 19.3. The van der Waals surface area contributed by atoms with Gasteiger partial charge in [-0.15, -0.1) is 12.4 Å². The number of carbonyl (C=O) groups is 1. The first-order valence-corrected chi connectivity index (χ1v) is 8.13. The molecule has 1 fully saturated rings. The van der Waals surface area contributed by atoms with Crippen molar-refractivity contribution in [2.45, 2.75) is 19.0 Å². The third kappa shape index (κ3) is 6.55. The van der Waals surface area contributed by atoms with E-state index in [0.717, 1.165) is 31.0 Å². The second-order valence-electron chi connectivity index (χ2n) is 6.16. The molecule has 2 rings (SSSR count). The Hall–Kier alpha value is -2.07. The molecule has 1 aliphatic heterocycles. The van der Waals surface area contributed by atoms with Gasteiger partial charge in [0.25, 0.3) is 11.6 Å². The summed E-state index contributed by atoms with van der Waals surface area (Å²) in [4.78, 5) is 24.7. The van der Waals surface area contributed by atoms with Crippen molar-refractivity contribution in [3.8, 4) is 5.75 Å². The van der Waals surface area contributed by atoms with E-state index in [4.69, 9.17) is 0 Å². The normalized spacial score (nSPS) is 17.2. The van der Waals surface area contributed by atoms with Crippen LogP contribution in [0, 0.1) is 16.0 Å². The van der Waals surface area contributed by atoms with Crippen molar-refractivity contribution in [2.75, 3.05) is 33.3 Å². The molecule has 1 unspecified atom stereocenters. The fraction of sp³-hybridized carbons (Fsp3) is 0.562. The lowest BCUT2D eigenvalue weighted by atomic mass is 9.97. The molecule has 1 atom stereocenters. The van der Waals surface area contributed by atoms with Gasteiger partial charge in [0, 0.05) is 19.2 Å². The zero-order valence-corrected chi connectivity index (χ0v) is 15.4. The molecule has 1 heterocycles. The van der Waals surface area contributed by atoms with Gasteiger partial charge >= 0.3 is 6.18 Å². The topological polar surface area (TPSA) is 84.7 Å². The minimum atomic E-state index is -4.54. The van der Waals surface area contributed by atoms with Crippen molar-refractivity contribution >= 4 is 24.0 Å². The van der Waals surface area contributed by atoms with Gasteiger partial charge in [-0.1, -0.05) is 0 Å². The molecular weight excluding hydrogens is 391 g/mol. The minimum absolute atomic E-state index is 0. The van der Waals surface area contributed by atoms with Gasteiger partial charge in [0.1, 0.15) is 11.3 Å². The van der Waals surface area contributed by atoms with E-state index >= 15 is 0 Å². The van der Waals surface area contributed by atoms with Crippen LogP contribution in [0.2, 0.25) is 0 Å². The summed E-state index contributed by atoms with van der Waals surface area (Å²) >= 11 is 0. The van der Waals surface area contributed by atoms with Gasteiger partial charge in [0.2, 0.25) is 0 Å². The average molecular weight is 412 g/mol. The quantitative estimate of drug-likeness (QED) is 0.574. The summed E-state index contributed by atoms with van der Waals surface area (Å²) in [6.45, 7) is 0.0569. The monoisotopic (exact) mass is 411 g/mol. The van der Waals surface area contributed by atoms with Crippen molar-refractivity contribution < 1.29 is 27.6 Å². The third-order valence-electron chi connectivity index (χ3n) is 4.10. The number of carbonyl (C=O) groups excluding carboxylic acids is 1. The van der Waals surface area contributed by atoms with Crippen LogP contribution in [0.15, 0.2) is 18.2 Å². The molecule has 0 radical (unpaired) electrons. The summed E-state index contributed by atoms with van der Waals surface area (Å²) in [5, 5.41) is 14.2. The van der Waals surface area contributed by atoms with Crippen LogP contribution in [0.3, 0.4) is 0 Å². The first kappa shape index (κ1) is 23.0.